The smallest absolute Gasteiger partial charge is 0.313 e. The van der Waals surface area contributed by atoms with Crippen molar-refractivity contribution in [1.82, 2.24) is 9.55 Å². The van der Waals surface area contributed by atoms with Crippen LogP contribution in [-0.4, -0.2) is 22.5 Å². The summed E-state index contributed by atoms with van der Waals surface area (Å²) in [5.41, 5.74) is 0. The summed E-state index contributed by atoms with van der Waals surface area (Å²) in [5, 5.41) is -0.306. The molecule has 0 saturated heterocycles. The second-order valence-corrected chi connectivity index (χ2v) is 3.39. The Morgan fingerprint density at radius 1 is 1.73 bits per heavy atom. The third-order valence-corrected chi connectivity index (χ3v) is 1.98. The Morgan fingerprint density at radius 3 is 2.64 bits per heavy atom. The van der Waals surface area contributed by atoms with Gasteiger partial charge in [0.05, 0.1) is 6.33 Å². The van der Waals surface area contributed by atoms with Crippen molar-refractivity contribution in [2.75, 3.05) is 0 Å². The molecule has 5 nitrogen and oxygen atoms in total. The minimum atomic E-state index is -4.12. The van der Waals surface area contributed by atoms with Crippen molar-refractivity contribution in [1.29, 1.82) is 0 Å². The standard InChI is InChI=1S/C5H8N2O3S/c1-2-7-3-5(6-4-7)11(8,9)10/h3-4H,2H2,1H3,(H,8,9,10). The van der Waals surface area contributed by atoms with E-state index in [0.717, 1.165) is 0 Å². The molecule has 0 spiro atoms. The zero-order valence-electron chi connectivity index (χ0n) is 5.93. The fourth-order valence-electron chi connectivity index (χ4n) is 0.646. The van der Waals surface area contributed by atoms with Crippen LogP contribution in [0.25, 0.3) is 0 Å². The predicted molar refractivity (Wildman–Crippen MR) is 37.7 cm³/mol. The molecule has 11 heavy (non-hydrogen) atoms. The van der Waals surface area contributed by atoms with Crippen LogP contribution in [0, 0.1) is 0 Å². The van der Waals surface area contributed by atoms with Gasteiger partial charge in [-0.3, -0.25) is 4.55 Å². The normalized spacial score (nSPS) is 11.8. The Balaban J connectivity index is 3.09. The lowest BCUT2D eigenvalue weighted by Gasteiger charge is -1.90. The van der Waals surface area contributed by atoms with Gasteiger partial charge < -0.3 is 4.57 Å². The van der Waals surface area contributed by atoms with Crippen LogP contribution in [0.4, 0.5) is 0 Å². The Morgan fingerprint density at radius 2 is 2.36 bits per heavy atom. The van der Waals surface area contributed by atoms with Crippen LogP contribution in [0.5, 0.6) is 0 Å². The molecule has 0 fully saturated rings. The molecule has 1 aromatic heterocycles. The van der Waals surface area contributed by atoms with Crippen molar-refractivity contribution in [2.24, 2.45) is 0 Å². The van der Waals surface area contributed by atoms with E-state index in [-0.39, 0.29) is 5.03 Å². The summed E-state index contributed by atoms with van der Waals surface area (Å²) in [6.07, 6.45) is 2.62. The van der Waals surface area contributed by atoms with Gasteiger partial charge in [0.15, 0.2) is 5.03 Å². The molecule has 0 bridgehead atoms. The highest BCUT2D eigenvalue weighted by Gasteiger charge is 2.11. The van der Waals surface area contributed by atoms with Crippen LogP contribution >= 0.6 is 0 Å². The summed E-state index contributed by atoms with van der Waals surface area (Å²) in [7, 11) is -4.12. The van der Waals surface area contributed by atoms with E-state index in [2.05, 4.69) is 4.98 Å². The van der Waals surface area contributed by atoms with Gasteiger partial charge in [-0.05, 0) is 6.92 Å². The molecular weight excluding hydrogens is 168 g/mol. The van der Waals surface area contributed by atoms with Gasteiger partial charge in [-0.25, -0.2) is 4.98 Å². The molecule has 1 heterocycles. The van der Waals surface area contributed by atoms with Crippen LogP contribution in [-0.2, 0) is 16.7 Å². The minimum Gasteiger partial charge on any atom is -0.336 e. The van der Waals surface area contributed by atoms with Gasteiger partial charge in [-0.15, -0.1) is 0 Å². The number of nitrogens with zero attached hydrogens (tertiary/aromatic N) is 2. The highest BCUT2D eigenvalue weighted by atomic mass is 32.2. The van der Waals surface area contributed by atoms with E-state index in [0.29, 0.717) is 6.54 Å². The average molecular weight is 176 g/mol. The van der Waals surface area contributed by atoms with Crippen LogP contribution in [0.3, 0.4) is 0 Å². The lowest BCUT2D eigenvalue weighted by Crippen LogP contribution is -1.97. The molecule has 0 aromatic carbocycles. The maximum Gasteiger partial charge on any atom is 0.313 e. The van der Waals surface area contributed by atoms with E-state index in [1.807, 2.05) is 6.92 Å². The fraction of sp³-hybridized carbons (Fsp3) is 0.400. The summed E-state index contributed by atoms with van der Waals surface area (Å²) in [5.74, 6) is 0. The lowest BCUT2D eigenvalue weighted by molar-refractivity contribution is 0.479. The largest absolute Gasteiger partial charge is 0.336 e. The first-order valence-corrected chi connectivity index (χ1v) is 4.47. The second kappa shape index (κ2) is 2.63. The summed E-state index contributed by atoms with van der Waals surface area (Å²) in [6, 6.07) is 0. The first-order chi connectivity index (χ1) is 5.04. The zero-order valence-corrected chi connectivity index (χ0v) is 6.74. The molecule has 1 aromatic rings. The maximum absolute atomic E-state index is 10.4. The molecule has 0 aliphatic carbocycles. The summed E-state index contributed by atoms with van der Waals surface area (Å²) in [6.45, 7) is 2.47. The molecule has 1 rings (SSSR count). The summed E-state index contributed by atoms with van der Waals surface area (Å²) in [4.78, 5) is 3.48. The van der Waals surface area contributed by atoms with Crippen molar-refractivity contribution in [3.63, 3.8) is 0 Å². The molecule has 62 valence electrons. The first kappa shape index (κ1) is 8.22. The SMILES string of the molecule is CCn1cnc(S(=O)(=O)O)c1. The van der Waals surface area contributed by atoms with Crippen molar-refractivity contribution >= 4 is 10.1 Å². The van der Waals surface area contributed by atoms with Crippen LogP contribution < -0.4 is 0 Å². The maximum atomic E-state index is 10.4. The van der Waals surface area contributed by atoms with E-state index >= 15 is 0 Å². The molecule has 0 aliphatic rings. The Labute approximate surface area is 64.4 Å². The van der Waals surface area contributed by atoms with E-state index < -0.39 is 10.1 Å². The van der Waals surface area contributed by atoms with E-state index in [4.69, 9.17) is 4.55 Å². The van der Waals surface area contributed by atoms with Crippen molar-refractivity contribution in [3.8, 4) is 0 Å². The van der Waals surface area contributed by atoms with E-state index in [9.17, 15) is 8.42 Å². The highest BCUT2D eigenvalue weighted by Crippen LogP contribution is 2.03. The zero-order chi connectivity index (χ0) is 8.48. The van der Waals surface area contributed by atoms with Gasteiger partial charge in [0.2, 0.25) is 0 Å². The molecule has 0 atom stereocenters. The Bertz CT molecular complexity index is 340. The van der Waals surface area contributed by atoms with Gasteiger partial charge in [-0.1, -0.05) is 0 Å². The number of hydrogen-bond donors (Lipinski definition) is 1. The van der Waals surface area contributed by atoms with Gasteiger partial charge in [0.25, 0.3) is 0 Å². The molecule has 0 aliphatic heterocycles. The molecule has 6 heteroatoms. The summed E-state index contributed by atoms with van der Waals surface area (Å²) >= 11 is 0. The first-order valence-electron chi connectivity index (χ1n) is 3.03. The van der Waals surface area contributed by atoms with Gasteiger partial charge >= 0.3 is 10.1 Å². The molecule has 0 amide bonds. The van der Waals surface area contributed by atoms with Crippen molar-refractivity contribution in [3.05, 3.63) is 12.5 Å². The monoisotopic (exact) mass is 176 g/mol. The van der Waals surface area contributed by atoms with E-state index in [1.165, 1.54) is 12.5 Å². The van der Waals surface area contributed by atoms with Gasteiger partial charge in [-0.2, -0.15) is 8.42 Å². The molecule has 0 saturated carbocycles. The third-order valence-electron chi connectivity index (χ3n) is 1.24. The third kappa shape index (κ3) is 1.78. The predicted octanol–water partition coefficient (Wildman–Crippen LogP) is 0.150. The van der Waals surface area contributed by atoms with Gasteiger partial charge in [0.1, 0.15) is 0 Å². The molecular formula is C5H8N2O3S. The second-order valence-electron chi connectivity index (χ2n) is 2.02. The van der Waals surface area contributed by atoms with Gasteiger partial charge in [0, 0.05) is 12.7 Å². The lowest BCUT2D eigenvalue weighted by atomic mass is 10.7. The van der Waals surface area contributed by atoms with Crippen molar-refractivity contribution in [2.45, 2.75) is 18.5 Å². The molecule has 0 unspecified atom stereocenters. The number of imidazole rings is 1. The highest BCUT2D eigenvalue weighted by molar-refractivity contribution is 7.85. The molecule has 1 N–H and O–H groups in total. The van der Waals surface area contributed by atoms with Crippen LogP contribution in [0.2, 0.25) is 0 Å². The Kier molecular flexibility index (Phi) is 1.97. The minimum absolute atomic E-state index is 0.306. The molecule has 0 radical (unpaired) electrons. The quantitative estimate of drug-likeness (QED) is 0.651. The fourth-order valence-corrected chi connectivity index (χ4v) is 1.09. The number of aromatic nitrogens is 2. The van der Waals surface area contributed by atoms with Crippen LogP contribution in [0.1, 0.15) is 6.92 Å². The topological polar surface area (TPSA) is 72.2 Å². The summed E-state index contributed by atoms with van der Waals surface area (Å²) < 4.78 is 30.9. The van der Waals surface area contributed by atoms with Crippen LogP contribution in [0.15, 0.2) is 17.6 Å². The number of hydrogen-bond acceptors (Lipinski definition) is 3. The van der Waals surface area contributed by atoms with E-state index in [1.54, 1.807) is 4.57 Å². The van der Waals surface area contributed by atoms with Crippen molar-refractivity contribution < 1.29 is 13.0 Å². The number of rotatable bonds is 2. The Hall–Kier alpha value is -0.880. The average Bonchev–Trinajstić information content (AvgIpc) is 2.32. The number of aryl methyl sites for hydroxylation is 1.